The average Bonchev–Trinajstić information content (AvgIpc) is 2.94. The highest BCUT2D eigenvalue weighted by Gasteiger charge is 2.27. The summed E-state index contributed by atoms with van der Waals surface area (Å²) in [5, 5.41) is 5.75. The topological polar surface area (TPSA) is 70.7 Å². The number of benzene rings is 3. The molecule has 1 heterocycles. The van der Waals surface area contributed by atoms with E-state index in [9.17, 15) is 9.59 Å². The van der Waals surface area contributed by atoms with Gasteiger partial charge in [-0.3, -0.25) is 4.79 Å². The van der Waals surface area contributed by atoms with E-state index >= 15 is 0 Å². The number of carbonyl (C=O) groups excluding carboxylic acids is 2. The lowest BCUT2D eigenvalue weighted by Crippen LogP contribution is -2.39. The second-order valence-electron chi connectivity index (χ2n) is 8.93. The molecule has 176 valence electrons. The van der Waals surface area contributed by atoms with E-state index in [0.29, 0.717) is 30.4 Å². The first-order valence-corrected chi connectivity index (χ1v) is 11.7. The summed E-state index contributed by atoms with van der Waals surface area (Å²) in [4.78, 5) is 27.3. The highest BCUT2D eigenvalue weighted by molar-refractivity contribution is 5.99. The molecule has 3 aromatic carbocycles. The Balaban J connectivity index is 1.43. The van der Waals surface area contributed by atoms with E-state index in [4.69, 9.17) is 4.74 Å². The predicted octanol–water partition coefficient (Wildman–Crippen LogP) is 5.81. The smallest absolute Gasteiger partial charge is 0.323 e. The van der Waals surface area contributed by atoms with E-state index in [0.717, 1.165) is 17.7 Å². The Morgan fingerprint density at radius 1 is 1.00 bits per heavy atom. The lowest BCUT2D eigenvalue weighted by molar-refractivity contribution is -0.137. The summed E-state index contributed by atoms with van der Waals surface area (Å²) in [6.45, 7) is 7.07. The van der Waals surface area contributed by atoms with E-state index in [-0.39, 0.29) is 11.9 Å². The fourth-order valence-electron chi connectivity index (χ4n) is 4.02. The maximum Gasteiger partial charge on any atom is 0.323 e. The van der Waals surface area contributed by atoms with Crippen molar-refractivity contribution < 1.29 is 14.3 Å². The summed E-state index contributed by atoms with van der Waals surface area (Å²) in [6.07, 6.45) is 0.206. The Hall–Kier alpha value is -3.80. The van der Waals surface area contributed by atoms with E-state index in [1.807, 2.05) is 59.5 Å². The third-order valence-corrected chi connectivity index (χ3v) is 5.99. The van der Waals surface area contributed by atoms with Crippen molar-refractivity contribution in [2.75, 3.05) is 17.2 Å². The largest absolute Gasteiger partial charge is 0.481 e. The van der Waals surface area contributed by atoms with Crippen LogP contribution in [0.4, 0.5) is 16.2 Å². The lowest BCUT2D eigenvalue weighted by Gasteiger charge is -2.22. The summed E-state index contributed by atoms with van der Waals surface area (Å²) < 4.78 is 5.92. The Labute approximate surface area is 200 Å². The van der Waals surface area contributed by atoms with Crippen molar-refractivity contribution in [2.24, 2.45) is 0 Å². The minimum atomic E-state index is -0.562. The molecular formula is C28H31N3O3. The summed E-state index contributed by atoms with van der Waals surface area (Å²) in [5.41, 5.74) is 4.64. The molecule has 6 heteroatoms. The lowest BCUT2D eigenvalue weighted by atomic mass is 10.0. The van der Waals surface area contributed by atoms with Gasteiger partial charge in [-0.15, -0.1) is 0 Å². The molecule has 0 spiro atoms. The van der Waals surface area contributed by atoms with Gasteiger partial charge in [0.05, 0.1) is 0 Å². The number of nitrogens with zero attached hydrogens (tertiary/aromatic N) is 1. The van der Waals surface area contributed by atoms with Crippen LogP contribution in [0.3, 0.4) is 0 Å². The zero-order valence-corrected chi connectivity index (χ0v) is 19.9. The fourth-order valence-corrected chi connectivity index (χ4v) is 4.02. The highest BCUT2D eigenvalue weighted by Crippen LogP contribution is 2.29. The molecule has 0 bridgehead atoms. The van der Waals surface area contributed by atoms with Gasteiger partial charge in [0.1, 0.15) is 5.75 Å². The first-order chi connectivity index (χ1) is 16.4. The van der Waals surface area contributed by atoms with Gasteiger partial charge in [-0.25, -0.2) is 4.79 Å². The molecule has 6 nitrogen and oxygen atoms in total. The van der Waals surface area contributed by atoms with Crippen LogP contribution in [0.15, 0.2) is 72.8 Å². The molecule has 0 aromatic heterocycles. The van der Waals surface area contributed by atoms with E-state index < -0.39 is 6.10 Å². The number of anilines is 2. The number of rotatable bonds is 6. The molecule has 0 radical (unpaired) electrons. The van der Waals surface area contributed by atoms with Crippen LogP contribution in [-0.2, 0) is 17.8 Å². The van der Waals surface area contributed by atoms with Gasteiger partial charge < -0.3 is 20.3 Å². The summed E-state index contributed by atoms with van der Waals surface area (Å²) >= 11 is 0. The number of fused-ring (bicyclic) bond motifs is 1. The number of ether oxygens (including phenoxy) is 1. The molecule has 0 saturated heterocycles. The van der Waals surface area contributed by atoms with Gasteiger partial charge in [0, 0.05) is 30.0 Å². The Morgan fingerprint density at radius 2 is 1.68 bits per heavy atom. The summed E-state index contributed by atoms with van der Waals surface area (Å²) in [5.74, 6) is 1.06. The van der Waals surface area contributed by atoms with Crippen molar-refractivity contribution >= 4 is 23.3 Å². The summed E-state index contributed by atoms with van der Waals surface area (Å²) in [6, 6.07) is 23.1. The van der Waals surface area contributed by atoms with Crippen LogP contribution >= 0.6 is 0 Å². The molecule has 1 aliphatic rings. The van der Waals surface area contributed by atoms with Crippen LogP contribution in [0.1, 0.15) is 43.4 Å². The number of hydrogen-bond donors (Lipinski definition) is 2. The number of nitrogens with one attached hydrogen (secondary N) is 2. The van der Waals surface area contributed by atoms with Crippen molar-refractivity contribution in [3.63, 3.8) is 0 Å². The van der Waals surface area contributed by atoms with E-state index in [1.54, 1.807) is 13.0 Å². The molecule has 4 rings (SSSR count). The highest BCUT2D eigenvalue weighted by atomic mass is 16.5. The summed E-state index contributed by atoms with van der Waals surface area (Å²) in [7, 11) is 0. The van der Waals surface area contributed by atoms with Crippen LogP contribution in [-0.4, -0.2) is 29.5 Å². The van der Waals surface area contributed by atoms with Gasteiger partial charge in [0.25, 0.3) is 5.91 Å². The van der Waals surface area contributed by atoms with Gasteiger partial charge in [-0.05, 0) is 60.7 Å². The van der Waals surface area contributed by atoms with Crippen molar-refractivity contribution in [3.8, 4) is 5.75 Å². The van der Waals surface area contributed by atoms with Crippen LogP contribution in [0.2, 0.25) is 0 Å². The first-order valence-electron chi connectivity index (χ1n) is 11.7. The molecule has 0 aliphatic carbocycles. The molecule has 34 heavy (non-hydrogen) atoms. The van der Waals surface area contributed by atoms with Crippen LogP contribution in [0.5, 0.6) is 5.75 Å². The third kappa shape index (κ3) is 5.76. The number of carbonyl (C=O) groups is 2. The molecule has 1 aliphatic heterocycles. The van der Waals surface area contributed by atoms with Gasteiger partial charge in [0.15, 0.2) is 6.10 Å². The molecule has 2 N–H and O–H groups in total. The molecular weight excluding hydrogens is 426 g/mol. The molecule has 0 saturated carbocycles. The molecule has 3 amide bonds. The van der Waals surface area contributed by atoms with Crippen LogP contribution in [0.25, 0.3) is 0 Å². The third-order valence-electron chi connectivity index (χ3n) is 5.99. The second kappa shape index (κ2) is 10.4. The number of urea groups is 1. The normalized spacial score (nSPS) is 15.4. The monoisotopic (exact) mass is 457 g/mol. The molecule has 3 aromatic rings. The Bertz CT molecular complexity index is 1140. The zero-order valence-electron chi connectivity index (χ0n) is 19.9. The average molecular weight is 458 g/mol. The van der Waals surface area contributed by atoms with Crippen molar-refractivity contribution in [1.82, 2.24) is 4.90 Å². The van der Waals surface area contributed by atoms with Crippen LogP contribution in [0, 0.1) is 0 Å². The number of hydrogen-bond acceptors (Lipinski definition) is 3. The maximum absolute atomic E-state index is 12.9. The van der Waals surface area contributed by atoms with Crippen LogP contribution < -0.4 is 15.4 Å². The van der Waals surface area contributed by atoms with Gasteiger partial charge in [-0.1, -0.05) is 56.3 Å². The quantitative estimate of drug-likeness (QED) is 0.491. The maximum atomic E-state index is 12.9. The predicted molar refractivity (Wildman–Crippen MR) is 135 cm³/mol. The first kappa shape index (κ1) is 23.4. The van der Waals surface area contributed by atoms with Gasteiger partial charge in [-0.2, -0.15) is 0 Å². The van der Waals surface area contributed by atoms with Crippen molar-refractivity contribution in [1.29, 1.82) is 0 Å². The minimum absolute atomic E-state index is 0.0378. The fraction of sp³-hybridized carbons (Fsp3) is 0.286. The minimum Gasteiger partial charge on any atom is -0.481 e. The van der Waals surface area contributed by atoms with Crippen molar-refractivity contribution in [2.45, 2.75) is 45.8 Å². The Kier molecular flexibility index (Phi) is 7.16. The van der Waals surface area contributed by atoms with E-state index in [2.05, 4.69) is 36.6 Å². The zero-order chi connectivity index (χ0) is 24.1. The molecule has 0 fully saturated rings. The van der Waals surface area contributed by atoms with Gasteiger partial charge in [0.2, 0.25) is 0 Å². The SMILES string of the molecule is CC(C)c1ccc(NC(=O)Nc2ccc3c(c2)CN(CCc2ccccc2)C(=O)[C@H](C)O3)cc1. The second-order valence-corrected chi connectivity index (χ2v) is 8.93. The van der Waals surface area contributed by atoms with Crippen molar-refractivity contribution in [3.05, 3.63) is 89.5 Å². The number of amides is 3. The molecule has 1 atom stereocenters. The van der Waals surface area contributed by atoms with Gasteiger partial charge >= 0.3 is 6.03 Å². The molecule has 0 unspecified atom stereocenters. The standard InChI is InChI=1S/C28H31N3O3/c1-19(2)22-9-11-24(12-10-22)29-28(33)30-25-13-14-26-23(17-25)18-31(27(32)20(3)34-26)16-15-21-7-5-4-6-8-21/h4-14,17,19-20H,15-16,18H2,1-3H3,(H2,29,30,33)/t20-/m0/s1. The van der Waals surface area contributed by atoms with E-state index in [1.165, 1.54) is 11.1 Å². The Morgan fingerprint density at radius 3 is 2.38 bits per heavy atom.